The SMILES string of the molecule is CCC=CCCc1nn(-c2ccc(C#N)cc2)c(-c2ccccc2)c1C(=O)O. The van der Waals surface area contributed by atoms with Crippen LogP contribution in [0.25, 0.3) is 16.9 Å². The summed E-state index contributed by atoms with van der Waals surface area (Å²) in [5.41, 5.74) is 3.37. The van der Waals surface area contributed by atoms with Crippen molar-refractivity contribution in [3.05, 3.63) is 83.6 Å². The third-order valence-corrected chi connectivity index (χ3v) is 4.41. The lowest BCUT2D eigenvalue weighted by Crippen LogP contribution is -2.03. The number of aromatic nitrogens is 2. The van der Waals surface area contributed by atoms with Crippen molar-refractivity contribution in [2.75, 3.05) is 0 Å². The number of nitriles is 1. The largest absolute Gasteiger partial charge is 0.478 e. The van der Waals surface area contributed by atoms with Gasteiger partial charge in [0, 0.05) is 5.56 Å². The monoisotopic (exact) mass is 371 g/mol. The Hall–Kier alpha value is -3.65. The molecule has 1 N–H and O–H groups in total. The molecule has 0 aliphatic carbocycles. The number of carbonyl (C=O) groups is 1. The summed E-state index contributed by atoms with van der Waals surface area (Å²) >= 11 is 0. The molecule has 0 saturated heterocycles. The molecule has 1 aromatic heterocycles. The second kappa shape index (κ2) is 8.83. The minimum atomic E-state index is -0.992. The number of nitrogens with zero attached hydrogens (tertiary/aromatic N) is 3. The van der Waals surface area contributed by atoms with E-state index in [-0.39, 0.29) is 5.56 Å². The second-order valence-electron chi connectivity index (χ2n) is 6.33. The highest BCUT2D eigenvalue weighted by molar-refractivity contribution is 5.96. The van der Waals surface area contributed by atoms with Gasteiger partial charge in [-0.05, 0) is 43.5 Å². The van der Waals surface area contributed by atoms with Crippen LogP contribution in [0.4, 0.5) is 0 Å². The average molecular weight is 371 g/mol. The molecule has 5 nitrogen and oxygen atoms in total. The van der Waals surface area contributed by atoms with Gasteiger partial charge >= 0.3 is 5.97 Å². The van der Waals surface area contributed by atoms with Crippen molar-refractivity contribution < 1.29 is 9.90 Å². The Morgan fingerprint density at radius 1 is 1.14 bits per heavy atom. The number of allylic oxidation sites excluding steroid dienone is 2. The maximum absolute atomic E-state index is 12.1. The van der Waals surface area contributed by atoms with Crippen molar-refractivity contribution in [1.82, 2.24) is 9.78 Å². The molecule has 28 heavy (non-hydrogen) atoms. The molecule has 0 aliphatic heterocycles. The zero-order chi connectivity index (χ0) is 19.9. The number of aryl methyl sites for hydroxylation is 1. The van der Waals surface area contributed by atoms with Crippen LogP contribution in [-0.4, -0.2) is 20.9 Å². The molecule has 0 spiro atoms. The summed E-state index contributed by atoms with van der Waals surface area (Å²) in [6.07, 6.45) is 6.33. The van der Waals surface area contributed by atoms with E-state index in [4.69, 9.17) is 5.26 Å². The molecule has 3 aromatic rings. The fraction of sp³-hybridized carbons (Fsp3) is 0.174. The molecule has 0 saturated carbocycles. The van der Waals surface area contributed by atoms with Crippen LogP contribution in [0.5, 0.6) is 0 Å². The molecule has 5 heteroatoms. The van der Waals surface area contributed by atoms with Crippen molar-refractivity contribution in [2.45, 2.75) is 26.2 Å². The van der Waals surface area contributed by atoms with Gasteiger partial charge in [0.25, 0.3) is 0 Å². The quantitative estimate of drug-likeness (QED) is 0.592. The number of rotatable bonds is 7. The molecule has 140 valence electrons. The Labute approximate surface area is 164 Å². The number of hydrogen-bond donors (Lipinski definition) is 1. The molecule has 0 radical (unpaired) electrons. The van der Waals surface area contributed by atoms with Gasteiger partial charge in [0.05, 0.1) is 28.7 Å². The van der Waals surface area contributed by atoms with Crippen molar-refractivity contribution >= 4 is 5.97 Å². The summed E-state index contributed by atoms with van der Waals surface area (Å²) in [7, 11) is 0. The lowest BCUT2D eigenvalue weighted by molar-refractivity contribution is 0.0696. The van der Waals surface area contributed by atoms with Crippen molar-refractivity contribution in [1.29, 1.82) is 5.26 Å². The average Bonchev–Trinajstić information content (AvgIpc) is 3.11. The standard InChI is InChI=1S/C23H21N3O2/c1-2-3-4-8-11-20-21(23(27)28)22(18-9-6-5-7-10-18)26(25-20)19-14-12-17(16-24)13-15-19/h3-7,9-10,12-15H,2,8,11H2,1H3,(H,27,28). The van der Waals surface area contributed by atoms with Crippen molar-refractivity contribution in [3.8, 4) is 23.0 Å². The van der Waals surface area contributed by atoms with E-state index in [0.717, 1.165) is 24.1 Å². The number of benzene rings is 2. The Morgan fingerprint density at radius 2 is 1.86 bits per heavy atom. The van der Waals surface area contributed by atoms with Gasteiger partial charge in [-0.1, -0.05) is 49.4 Å². The summed E-state index contributed by atoms with van der Waals surface area (Å²) in [5, 5.41) is 23.6. The van der Waals surface area contributed by atoms with Crippen LogP contribution < -0.4 is 0 Å². The Balaban J connectivity index is 2.17. The molecule has 0 atom stereocenters. The van der Waals surface area contributed by atoms with Crippen LogP contribution in [0.1, 0.15) is 41.4 Å². The molecule has 0 fully saturated rings. The summed E-state index contributed by atoms with van der Waals surface area (Å²) in [6, 6.07) is 18.5. The highest BCUT2D eigenvalue weighted by atomic mass is 16.4. The Bertz CT molecular complexity index is 1030. The molecule has 1 heterocycles. The first-order chi connectivity index (χ1) is 13.7. The lowest BCUT2D eigenvalue weighted by atomic mass is 10.0. The Kier molecular flexibility index (Phi) is 6.03. The lowest BCUT2D eigenvalue weighted by Gasteiger charge is -2.09. The van der Waals surface area contributed by atoms with Crippen LogP contribution >= 0.6 is 0 Å². The molecule has 0 unspecified atom stereocenters. The van der Waals surface area contributed by atoms with E-state index in [1.165, 1.54) is 0 Å². The third-order valence-electron chi connectivity index (χ3n) is 4.41. The van der Waals surface area contributed by atoms with Crippen LogP contribution in [0, 0.1) is 11.3 Å². The maximum Gasteiger partial charge on any atom is 0.339 e. The van der Waals surface area contributed by atoms with E-state index in [1.54, 1.807) is 28.9 Å². The highest BCUT2D eigenvalue weighted by Crippen LogP contribution is 2.30. The number of aromatic carboxylic acids is 1. The summed E-state index contributed by atoms with van der Waals surface area (Å²) in [4.78, 5) is 12.1. The van der Waals surface area contributed by atoms with Crippen LogP contribution in [0.3, 0.4) is 0 Å². The third kappa shape index (κ3) is 4.02. The summed E-state index contributed by atoms with van der Waals surface area (Å²) < 4.78 is 1.67. The summed E-state index contributed by atoms with van der Waals surface area (Å²) in [6.45, 7) is 2.06. The normalized spacial score (nSPS) is 10.9. The minimum absolute atomic E-state index is 0.223. The van der Waals surface area contributed by atoms with E-state index in [0.29, 0.717) is 23.4 Å². The van der Waals surface area contributed by atoms with Gasteiger partial charge in [0.1, 0.15) is 5.56 Å². The van der Waals surface area contributed by atoms with Gasteiger partial charge in [0.15, 0.2) is 0 Å². The summed E-state index contributed by atoms with van der Waals surface area (Å²) in [5.74, 6) is -0.992. The van der Waals surface area contributed by atoms with Crippen LogP contribution in [0.15, 0.2) is 66.7 Å². The minimum Gasteiger partial charge on any atom is -0.478 e. The highest BCUT2D eigenvalue weighted by Gasteiger charge is 2.24. The van der Waals surface area contributed by atoms with Crippen molar-refractivity contribution in [2.24, 2.45) is 0 Å². The number of carboxylic acids is 1. The van der Waals surface area contributed by atoms with Gasteiger partial charge in [0.2, 0.25) is 0 Å². The first kappa shape index (κ1) is 19.1. The maximum atomic E-state index is 12.1. The number of hydrogen-bond acceptors (Lipinski definition) is 3. The van der Waals surface area contributed by atoms with Gasteiger partial charge in [-0.2, -0.15) is 10.4 Å². The van der Waals surface area contributed by atoms with Gasteiger partial charge in [-0.25, -0.2) is 9.48 Å². The zero-order valence-corrected chi connectivity index (χ0v) is 15.7. The van der Waals surface area contributed by atoms with Crippen LogP contribution in [-0.2, 0) is 6.42 Å². The first-order valence-corrected chi connectivity index (χ1v) is 9.21. The van der Waals surface area contributed by atoms with E-state index < -0.39 is 5.97 Å². The number of carboxylic acid groups (broad SMARTS) is 1. The van der Waals surface area contributed by atoms with Gasteiger partial charge in [-0.3, -0.25) is 0 Å². The fourth-order valence-corrected chi connectivity index (χ4v) is 3.09. The smallest absolute Gasteiger partial charge is 0.339 e. The predicted octanol–water partition coefficient (Wildman–Crippen LogP) is 5.01. The van der Waals surface area contributed by atoms with E-state index in [2.05, 4.69) is 30.2 Å². The zero-order valence-electron chi connectivity index (χ0n) is 15.7. The molecule has 2 aromatic carbocycles. The topological polar surface area (TPSA) is 78.9 Å². The molecular formula is C23H21N3O2. The second-order valence-corrected chi connectivity index (χ2v) is 6.33. The van der Waals surface area contributed by atoms with Gasteiger partial charge in [-0.15, -0.1) is 0 Å². The molecule has 0 bridgehead atoms. The van der Waals surface area contributed by atoms with Crippen molar-refractivity contribution in [3.63, 3.8) is 0 Å². The molecule has 0 aliphatic rings. The first-order valence-electron chi connectivity index (χ1n) is 9.21. The van der Waals surface area contributed by atoms with Crippen LogP contribution in [0.2, 0.25) is 0 Å². The van der Waals surface area contributed by atoms with Gasteiger partial charge < -0.3 is 5.11 Å². The molecule has 0 amide bonds. The fourth-order valence-electron chi connectivity index (χ4n) is 3.09. The molecular weight excluding hydrogens is 350 g/mol. The van der Waals surface area contributed by atoms with E-state index in [1.807, 2.05) is 30.3 Å². The molecule has 3 rings (SSSR count). The van der Waals surface area contributed by atoms with E-state index in [9.17, 15) is 9.90 Å². The van der Waals surface area contributed by atoms with E-state index >= 15 is 0 Å². The Morgan fingerprint density at radius 3 is 2.46 bits per heavy atom. The predicted molar refractivity (Wildman–Crippen MR) is 108 cm³/mol.